The monoisotopic (exact) mass is 553 g/mol. The molecule has 2 aromatic heterocycles. The van der Waals surface area contributed by atoms with Crippen LogP contribution in [0.1, 0.15) is 47.1 Å². The number of amides is 2. The van der Waals surface area contributed by atoms with Gasteiger partial charge in [0.05, 0.1) is 16.2 Å². The van der Waals surface area contributed by atoms with Crippen molar-refractivity contribution in [3.63, 3.8) is 0 Å². The van der Waals surface area contributed by atoms with Crippen LogP contribution in [0.2, 0.25) is 5.02 Å². The zero-order chi connectivity index (χ0) is 28.4. The molecule has 39 heavy (non-hydrogen) atoms. The maximum Gasteiger partial charge on any atom is 0.410 e. The van der Waals surface area contributed by atoms with Crippen molar-refractivity contribution in [2.45, 2.75) is 59.3 Å². The van der Waals surface area contributed by atoms with Crippen LogP contribution < -0.4 is 10.2 Å². The molecule has 3 heterocycles. The van der Waals surface area contributed by atoms with Crippen LogP contribution in [0, 0.1) is 0 Å². The molecule has 1 aliphatic heterocycles. The molecule has 0 unspecified atom stereocenters. The van der Waals surface area contributed by atoms with Gasteiger partial charge in [0.15, 0.2) is 0 Å². The third-order valence-corrected chi connectivity index (χ3v) is 6.21. The van der Waals surface area contributed by atoms with Crippen molar-refractivity contribution in [1.29, 1.82) is 0 Å². The van der Waals surface area contributed by atoms with Crippen LogP contribution in [-0.2, 0) is 16.0 Å². The Morgan fingerprint density at radius 1 is 0.949 bits per heavy atom. The molecular formula is C29H36ClN5O4. The number of pyridine rings is 2. The molecule has 4 rings (SSSR count). The summed E-state index contributed by atoms with van der Waals surface area (Å²) in [7, 11) is 0. The number of hydrogen-bond donors (Lipinski definition) is 1. The van der Waals surface area contributed by atoms with Gasteiger partial charge < -0.3 is 24.6 Å². The third-order valence-electron chi connectivity index (χ3n) is 5.94. The van der Waals surface area contributed by atoms with E-state index in [4.69, 9.17) is 26.1 Å². The summed E-state index contributed by atoms with van der Waals surface area (Å²) in [6.07, 6.45) is 0.955. The minimum Gasteiger partial charge on any atom is -0.444 e. The van der Waals surface area contributed by atoms with E-state index in [-0.39, 0.29) is 6.09 Å². The molecule has 1 fully saturated rings. The average molecular weight is 554 g/mol. The SMILES string of the molecule is CC(C)(C)OC(=O)NCc1ccnc(-c2ccc3nc(N4CCN(C(=O)OC(C)(C)C)CC4)c(Cl)cc3c2)c1. The fourth-order valence-corrected chi connectivity index (χ4v) is 4.46. The fourth-order valence-electron chi connectivity index (χ4n) is 4.18. The summed E-state index contributed by atoms with van der Waals surface area (Å²) >= 11 is 6.69. The minimum atomic E-state index is -0.553. The zero-order valence-corrected chi connectivity index (χ0v) is 24.1. The van der Waals surface area contributed by atoms with E-state index in [2.05, 4.69) is 15.2 Å². The standard InChI is InChI=1S/C29H36ClN5O4/c1-28(2,3)38-26(36)32-18-19-9-10-31-24(15-19)20-7-8-23-21(16-20)17-22(30)25(33-23)34-11-13-35(14-12-34)27(37)39-29(4,5)6/h7-10,15-17H,11-14,18H2,1-6H3,(H,32,36). The third kappa shape index (κ3) is 7.72. The molecule has 10 heteroatoms. The number of piperazine rings is 1. The Labute approximate surface area is 234 Å². The molecule has 0 saturated carbocycles. The van der Waals surface area contributed by atoms with Gasteiger partial charge in [0.25, 0.3) is 0 Å². The lowest BCUT2D eigenvalue weighted by atomic mass is 10.1. The first-order valence-corrected chi connectivity index (χ1v) is 13.4. The highest BCUT2D eigenvalue weighted by Gasteiger charge is 2.27. The van der Waals surface area contributed by atoms with Gasteiger partial charge in [-0.3, -0.25) is 4.98 Å². The van der Waals surface area contributed by atoms with Crippen molar-refractivity contribution in [2.24, 2.45) is 0 Å². The number of rotatable bonds is 4. The van der Waals surface area contributed by atoms with Crippen molar-refractivity contribution in [2.75, 3.05) is 31.1 Å². The van der Waals surface area contributed by atoms with E-state index in [0.717, 1.165) is 27.7 Å². The summed E-state index contributed by atoms with van der Waals surface area (Å²) < 4.78 is 10.8. The first kappa shape index (κ1) is 28.4. The van der Waals surface area contributed by atoms with Gasteiger partial charge in [-0.2, -0.15) is 0 Å². The number of carbonyl (C=O) groups is 2. The number of carbonyl (C=O) groups excluding carboxylic acids is 2. The minimum absolute atomic E-state index is 0.300. The predicted octanol–water partition coefficient (Wildman–Crippen LogP) is 6.03. The van der Waals surface area contributed by atoms with E-state index in [1.165, 1.54) is 0 Å². The van der Waals surface area contributed by atoms with Gasteiger partial charge >= 0.3 is 12.2 Å². The second kappa shape index (κ2) is 11.3. The van der Waals surface area contributed by atoms with Gasteiger partial charge in [-0.15, -0.1) is 0 Å². The molecule has 0 bridgehead atoms. The first-order valence-electron chi connectivity index (χ1n) is 13.0. The maximum absolute atomic E-state index is 12.4. The number of nitrogens with one attached hydrogen (secondary N) is 1. The number of ether oxygens (including phenoxy) is 2. The summed E-state index contributed by atoms with van der Waals surface area (Å²) in [5, 5.41) is 4.22. The molecule has 0 atom stereocenters. The molecule has 3 aromatic rings. The van der Waals surface area contributed by atoms with E-state index in [9.17, 15) is 9.59 Å². The average Bonchev–Trinajstić information content (AvgIpc) is 2.85. The van der Waals surface area contributed by atoms with Gasteiger partial charge in [-0.1, -0.05) is 17.7 Å². The summed E-state index contributed by atoms with van der Waals surface area (Å²) in [6.45, 7) is 13.7. The summed E-state index contributed by atoms with van der Waals surface area (Å²) in [5.74, 6) is 0.703. The maximum atomic E-state index is 12.4. The van der Waals surface area contributed by atoms with Gasteiger partial charge in [-0.25, -0.2) is 14.6 Å². The van der Waals surface area contributed by atoms with Crippen molar-refractivity contribution in [3.8, 4) is 11.3 Å². The molecule has 2 amide bonds. The highest BCUT2D eigenvalue weighted by molar-refractivity contribution is 6.33. The highest BCUT2D eigenvalue weighted by atomic mass is 35.5. The number of hydrogen-bond acceptors (Lipinski definition) is 7. The lowest BCUT2D eigenvalue weighted by Gasteiger charge is -2.36. The van der Waals surface area contributed by atoms with Gasteiger partial charge in [0.1, 0.15) is 17.0 Å². The lowest BCUT2D eigenvalue weighted by molar-refractivity contribution is 0.0240. The molecule has 1 saturated heterocycles. The largest absolute Gasteiger partial charge is 0.444 e. The Balaban J connectivity index is 1.45. The zero-order valence-electron chi connectivity index (χ0n) is 23.4. The van der Waals surface area contributed by atoms with E-state index >= 15 is 0 Å². The number of anilines is 1. The van der Waals surface area contributed by atoms with E-state index in [1.807, 2.05) is 77.9 Å². The Morgan fingerprint density at radius 2 is 1.64 bits per heavy atom. The Bertz CT molecular complexity index is 1360. The van der Waals surface area contributed by atoms with Crippen LogP contribution in [0.15, 0.2) is 42.6 Å². The number of fused-ring (bicyclic) bond motifs is 1. The Kier molecular flexibility index (Phi) is 8.20. The first-order chi connectivity index (χ1) is 18.3. The molecule has 0 spiro atoms. The molecule has 1 aliphatic rings. The smallest absolute Gasteiger partial charge is 0.410 e. The molecule has 0 radical (unpaired) electrons. The Morgan fingerprint density at radius 3 is 2.31 bits per heavy atom. The molecular weight excluding hydrogens is 518 g/mol. The van der Waals surface area contributed by atoms with Gasteiger partial charge in [-0.05, 0) is 77.4 Å². The number of benzene rings is 1. The number of aromatic nitrogens is 2. The van der Waals surface area contributed by atoms with E-state index < -0.39 is 17.3 Å². The number of halogens is 1. The van der Waals surface area contributed by atoms with Crippen molar-refractivity contribution < 1.29 is 19.1 Å². The van der Waals surface area contributed by atoms with E-state index in [0.29, 0.717) is 43.6 Å². The van der Waals surface area contributed by atoms with Crippen LogP contribution in [0.5, 0.6) is 0 Å². The summed E-state index contributed by atoms with van der Waals surface area (Å²) in [4.78, 5) is 37.6. The second-order valence-electron chi connectivity index (χ2n) is 11.6. The van der Waals surface area contributed by atoms with Crippen molar-refractivity contribution in [3.05, 3.63) is 53.2 Å². The molecule has 9 nitrogen and oxygen atoms in total. The topological polar surface area (TPSA) is 96.9 Å². The van der Waals surface area contributed by atoms with E-state index in [1.54, 1.807) is 11.1 Å². The Hall–Kier alpha value is -3.59. The van der Waals surface area contributed by atoms with Crippen LogP contribution in [0.4, 0.5) is 15.4 Å². The van der Waals surface area contributed by atoms with Crippen molar-refractivity contribution in [1.82, 2.24) is 20.2 Å². The molecule has 1 N–H and O–H groups in total. The van der Waals surface area contributed by atoms with Crippen LogP contribution >= 0.6 is 11.6 Å². The number of nitrogens with zero attached hydrogens (tertiary/aromatic N) is 4. The fraction of sp³-hybridized carbons (Fsp3) is 0.448. The van der Waals surface area contributed by atoms with Gasteiger partial charge in [0.2, 0.25) is 0 Å². The lowest BCUT2D eigenvalue weighted by Crippen LogP contribution is -2.50. The highest BCUT2D eigenvalue weighted by Crippen LogP contribution is 2.31. The van der Waals surface area contributed by atoms with Crippen molar-refractivity contribution >= 4 is 40.5 Å². The summed E-state index contributed by atoms with van der Waals surface area (Å²) in [5.41, 5.74) is 2.34. The van der Waals surface area contributed by atoms with Crippen LogP contribution in [-0.4, -0.2) is 64.4 Å². The normalized spacial score (nSPS) is 14.3. The van der Waals surface area contributed by atoms with Crippen LogP contribution in [0.3, 0.4) is 0 Å². The second-order valence-corrected chi connectivity index (χ2v) is 12.0. The predicted molar refractivity (Wildman–Crippen MR) is 153 cm³/mol. The molecule has 208 valence electrons. The quantitative estimate of drug-likeness (QED) is 0.421. The number of alkyl carbamates (subject to hydrolysis) is 1. The van der Waals surface area contributed by atoms with Crippen LogP contribution in [0.25, 0.3) is 22.2 Å². The molecule has 1 aromatic carbocycles. The van der Waals surface area contributed by atoms with Gasteiger partial charge in [0, 0.05) is 49.9 Å². The molecule has 0 aliphatic carbocycles. The summed E-state index contributed by atoms with van der Waals surface area (Å²) in [6, 6.07) is 11.6.